The van der Waals surface area contributed by atoms with Gasteiger partial charge in [-0.1, -0.05) is 19.3 Å². The van der Waals surface area contributed by atoms with Crippen molar-refractivity contribution in [3.05, 3.63) is 24.2 Å². The highest BCUT2D eigenvalue weighted by atomic mass is 16.3. The van der Waals surface area contributed by atoms with E-state index in [1.807, 2.05) is 4.90 Å². The van der Waals surface area contributed by atoms with Crippen LogP contribution in [0.3, 0.4) is 0 Å². The Bertz CT molecular complexity index is 529. The first-order chi connectivity index (χ1) is 11.2. The molecule has 1 aliphatic heterocycles. The average molecular weight is 319 g/mol. The summed E-state index contributed by atoms with van der Waals surface area (Å²) in [6.45, 7) is 2.07. The zero-order valence-electron chi connectivity index (χ0n) is 13.4. The fraction of sp³-hybridized carbons (Fsp3) is 0.647. The maximum atomic E-state index is 12.3. The molecule has 2 unspecified atom stereocenters. The molecule has 1 saturated carbocycles. The molecule has 3 rings (SSSR count). The fourth-order valence-corrected chi connectivity index (χ4v) is 3.74. The lowest BCUT2D eigenvalue weighted by atomic mass is 9.75. The van der Waals surface area contributed by atoms with Gasteiger partial charge in [-0.3, -0.25) is 4.79 Å². The van der Waals surface area contributed by atoms with Crippen molar-refractivity contribution in [1.29, 1.82) is 0 Å². The molecule has 0 spiro atoms. The van der Waals surface area contributed by atoms with Gasteiger partial charge >= 0.3 is 6.03 Å². The molecule has 2 heterocycles. The number of carbonyl (C=O) groups excluding carboxylic acids is 2. The summed E-state index contributed by atoms with van der Waals surface area (Å²) in [4.78, 5) is 25.9. The normalized spacial score (nSPS) is 23.9. The van der Waals surface area contributed by atoms with Crippen LogP contribution in [0, 0.1) is 11.8 Å². The molecular formula is C17H25N3O3. The number of hydrogen-bond acceptors (Lipinski definition) is 3. The lowest BCUT2D eigenvalue weighted by Crippen LogP contribution is -2.49. The van der Waals surface area contributed by atoms with E-state index >= 15 is 0 Å². The van der Waals surface area contributed by atoms with Crippen molar-refractivity contribution in [3.63, 3.8) is 0 Å². The van der Waals surface area contributed by atoms with Gasteiger partial charge in [0.15, 0.2) is 0 Å². The van der Waals surface area contributed by atoms with Crippen molar-refractivity contribution in [2.45, 2.75) is 38.6 Å². The fourth-order valence-electron chi connectivity index (χ4n) is 3.74. The van der Waals surface area contributed by atoms with Crippen LogP contribution in [0.2, 0.25) is 0 Å². The Morgan fingerprint density at radius 3 is 2.78 bits per heavy atom. The van der Waals surface area contributed by atoms with Gasteiger partial charge in [0.2, 0.25) is 5.91 Å². The molecular weight excluding hydrogens is 294 g/mol. The van der Waals surface area contributed by atoms with Gasteiger partial charge in [0.05, 0.1) is 19.4 Å². The van der Waals surface area contributed by atoms with Crippen LogP contribution in [0.15, 0.2) is 22.8 Å². The number of urea groups is 1. The Balaban J connectivity index is 1.38. The van der Waals surface area contributed by atoms with E-state index in [0.717, 1.165) is 25.4 Å². The monoisotopic (exact) mass is 319 g/mol. The number of piperidine rings is 1. The number of rotatable bonds is 4. The number of fused-ring (bicyclic) bond motifs is 1. The predicted molar refractivity (Wildman–Crippen MR) is 85.6 cm³/mol. The van der Waals surface area contributed by atoms with Crippen LogP contribution < -0.4 is 10.6 Å². The maximum absolute atomic E-state index is 12.3. The molecule has 0 aromatic carbocycles. The van der Waals surface area contributed by atoms with Crippen molar-refractivity contribution >= 4 is 11.9 Å². The summed E-state index contributed by atoms with van der Waals surface area (Å²) in [6, 6.07) is 3.22. The van der Waals surface area contributed by atoms with E-state index in [4.69, 9.17) is 4.42 Å². The topological polar surface area (TPSA) is 74.6 Å². The third-order valence-corrected chi connectivity index (χ3v) is 5.05. The average Bonchev–Trinajstić information content (AvgIpc) is 3.11. The Kier molecular flexibility index (Phi) is 5.20. The van der Waals surface area contributed by atoms with Crippen LogP contribution in [0.5, 0.6) is 0 Å². The Labute approximate surface area is 136 Å². The molecule has 2 atom stereocenters. The van der Waals surface area contributed by atoms with E-state index in [2.05, 4.69) is 10.6 Å². The summed E-state index contributed by atoms with van der Waals surface area (Å²) in [5, 5.41) is 5.31. The summed E-state index contributed by atoms with van der Waals surface area (Å²) in [5.41, 5.74) is 0. The third-order valence-electron chi connectivity index (χ3n) is 5.05. The number of likely N-dealkylation sites (tertiary alicyclic amines) is 1. The zero-order valence-corrected chi connectivity index (χ0v) is 13.4. The minimum absolute atomic E-state index is 0.0159. The quantitative estimate of drug-likeness (QED) is 0.892. The molecule has 6 heteroatoms. The van der Waals surface area contributed by atoms with Crippen LogP contribution in [0.25, 0.3) is 0 Å². The number of amides is 3. The largest absolute Gasteiger partial charge is 0.467 e. The molecule has 2 N–H and O–H groups in total. The summed E-state index contributed by atoms with van der Waals surface area (Å²) in [5.74, 6) is 2.17. The summed E-state index contributed by atoms with van der Waals surface area (Å²) in [7, 11) is 0. The van der Waals surface area contributed by atoms with Gasteiger partial charge in [-0.2, -0.15) is 0 Å². The van der Waals surface area contributed by atoms with Crippen molar-refractivity contribution in [3.8, 4) is 0 Å². The Morgan fingerprint density at radius 1 is 1.17 bits per heavy atom. The first-order valence-electron chi connectivity index (χ1n) is 8.54. The molecule has 1 aliphatic carbocycles. The van der Waals surface area contributed by atoms with E-state index in [9.17, 15) is 9.59 Å². The molecule has 1 saturated heterocycles. The molecule has 0 bridgehead atoms. The van der Waals surface area contributed by atoms with E-state index in [1.54, 1.807) is 18.4 Å². The van der Waals surface area contributed by atoms with Crippen LogP contribution in [0.4, 0.5) is 4.79 Å². The van der Waals surface area contributed by atoms with Gasteiger partial charge in [0.25, 0.3) is 0 Å². The number of carbonyl (C=O) groups is 2. The summed E-state index contributed by atoms with van der Waals surface area (Å²) >= 11 is 0. The molecule has 6 nitrogen and oxygen atoms in total. The van der Waals surface area contributed by atoms with Crippen molar-refractivity contribution in [1.82, 2.24) is 15.5 Å². The second-order valence-corrected chi connectivity index (χ2v) is 6.55. The molecule has 126 valence electrons. The number of nitrogens with zero attached hydrogens (tertiary/aromatic N) is 1. The van der Waals surface area contributed by atoms with E-state index in [1.165, 1.54) is 25.7 Å². The Morgan fingerprint density at radius 2 is 2.00 bits per heavy atom. The number of nitrogens with one attached hydrogen (secondary N) is 2. The van der Waals surface area contributed by atoms with Crippen LogP contribution in [-0.4, -0.2) is 36.5 Å². The highest BCUT2D eigenvalue weighted by Gasteiger charge is 2.32. The first-order valence-corrected chi connectivity index (χ1v) is 8.54. The van der Waals surface area contributed by atoms with E-state index < -0.39 is 0 Å². The Hall–Kier alpha value is -1.98. The summed E-state index contributed by atoms with van der Waals surface area (Å²) in [6.07, 6.45) is 7.86. The van der Waals surface area contributed by atoms with Gasteiger partial charge in [0, 0.05) is 13.1 Å². The highest BCUT2D eigenvalue weighted by molar-refractivity contribution is 5.84. The standard InChI is InChI=1S/C17H25N3O3/c21-16(11-19-17(22)18-10-15-6-3-9-23-15)20-8-7-13-4-1-2-5-14(13)12-20/h3,6,9,13-14H,1-2,4-5,7-8,10-12H2,(H2,18,19,22). The van der Waals surface area contributed by atoms with Gasteiger partial charge in [-0.05, 0) is 36.8 Å². The third kappa shape index (κ3) is 4.27. The van der Waals surface area contributed by atoms with Gasteiger partial charge in [-0.25, -0.2) is 4.79 Å². The highest BCUT2D eigenvalue weighted by Crippen LogP contribution is 2.35. The molecule has 2 fully saturated rings. The van der Waals surface area contributed by atoms with Crippen LogP contribution >= 0.6 is 0 Å². The van der Waals surface area contributed by atoms with Crippen molar-refractivity contribution < 1.29 is 14.0 Å². The maximum Gasteiger partial charge on any atom is 0.315 e. The van der Waals surface area contributed by atoms with Crippen molar-refractivity contribution in [2.75, 3.05) is 19.6 Å². The minimum atomic E-state index is -0.345. The van der Waals surface area contributed by atoms with E-state index in [0.29, 0.717) is 18.2 Å². The number of furan rings is 1. The minimum Gasteiger partial charge on any atom is -0.467 e. The molecule has 0 radical (unpaired) electrons. The second kappa shape index (κ2) is 7.53. The SMILES string of the molecule is O=C(NCC(=O)N1CCC2CCCCC2C1)NCc1ccco1. The zero-order chi connectivity index (χ0) is 16.1. The van der Waals surface area contributed by atoms with Gasteiger partial charge in [-0.15, -0.1) is 0 Å². The lowest BCUT2D eigenvalue weighted by Gasteiger charge is -2.41. The smallest absolute Gasteiger partial charge is 0.315 e. The molecule has 1 aromatic rings. The second-order valence-electron chi connectivity index (χ2n) is 6.55. The van der Waals surface area contributed by atoms with Crippen LogP contribution in [-0.2, 0) is 11.3 Å². The van der Waals surface area contributed by atoms with E-state index in [-0.39, 0.29) is 18.5 Å². The first kappa shape index (κ1) is 15.9. The molecule has 3 amide bonds. The lowest BCUT2D eigenvalue weighted by molar-refractivity contribution is -0.133. The van der Waals surface area contributed by atoms with Gasteiger partial charge < -0.3 is 20.0 Å². The molecule has 23 heavy (non-hydrogen) atoms. The van der Waals surface area contributed by atoms with Crippen LogP contribution in [0.1, 0.15) is 37.9 Å². The van der Waals surface area contributed by atoms with Crippen molar-refractivity contribution in [2.24, 2.45) is 11.8 Å². The number of hydrogen-bond donors (Lipinski definition) is 2. The molecule has 2 aliphatic rings. The van der Waals surface area contributed by atoms with Gasteiger partial charge in [0.1, 0.15) is 5.76 Å². The summed E-state index contributed by atoms with van der Waals surface area (Å²) < 4.78 is 5.14. The predicted octanol–water partition coefficient (Wildman–Crippen LogP) is 2.12. The molecule has 1 aromatic heterocycles.